The number of nitriles is 2. The fourth-order valence-electron chi connectivity index (χ4n) is 3.95. The molecule has 1 heterocycles. The van der Waals surface area contributed by atoms with Crippen LogP contribution in [0.5, 0.6) is 0 Å². The first-order chi connectivity index (χ1) is 14.5. The fraction of sp³-hybridized carbons (Fsp3) is 0.250. The molecule has 1 aliphatic rings. The van der Waals surface area contributed by atoms with Gasteiger partial charge in [-0.1, -0.05) is 13.0 Å². The summed E-state index contributed by atoms with van der Waals surface area (Å²) in [5.41, 5.74) is 6.13. The van der Waals surface area contributed by atoms with Crippen LogP contribution in [-0.2, 0) is 11.8 Å². The Morgan fingerprint density at radius 1 is 1.16 bits per heavy atom. The quantitative estimate of drug-likeness (QED) is 0.642. The van der Waals surface area contributed by atoms with Crippen molar-refractivity contribution in [3.05, 3.63) is 70.4 Å². The number of anilines is 2. The average molecular weight is 430 g/mol. The van der Waals surface area contributed by atoms with Crippen LogP contribution in [0.2, 0.25) is 0 Å². The molecule has 7 heteroatoms. The van der Waals surface area contributed by atoms with Crippen LogP contribution in [0.15, 0.2) is 42.6 Å². The van der Waals surface area contributed by atoms with Crippen LogP contribution in [-0.4, -0.2) is 21.7 Å². The van der Waals surface area contributed by atoms with Crippen LogP contribution >= 0.6 is 13.5 Å². The predicted octanol–water partition coefficient (Wildman–Crippen LogP) is 4.25. The van der Waals surface area contributed by atoms with Gasteiger partial charge in [0.15, 0.2) is 0 Å². The van der Waals surface area contributed by atoms with E-state index >= 15 is 0 Å². The molecular weight excluding hydrogens is 406 g/mol. The maximum absolute atomic E-state index is 9.93. The number of aliphatic hydroxyl groups excluding tert-OH is 1. The lowest BCUT2D eigenvalue weighted by molar-refractivity contribution is 0.206. The van der Waals surface area contributed by atoms with Crippen molar-refractivity contribution >= 4 is 25.1 Å². The summed E-state index contributed by atoms with van der Waals surface area (Å²) in [7, 11) is 0. The number of nitrogens with one attached hydrogen (secondary N) is 1. The third-order valence-corrected chi connectivity index (χ3v) is 5.86. The van der Waals surface area contributed by atoms with E-state index in [1.807, 2.05) is 32.0 Å². The Hall–Kier alpha value is -3.39. The normalized spacial score (nSPS) is 16.5. The molecule has 2 N–H and O–H groups in total. The molecule has 0 saturated heterocycles. The molecule has 0 amide bonds. The zero-order valence-corrected chi connectivity index (χ0v) is 18.4. The Morgan fingerprint density at radius 3 is 2.68 bits per heavy atom. The molecule has 0 bridgehead atoms. The minimum atomic E-state index is -0.347. The summed E-state index contributed by atoms with van der Waals surface area (Å²) < 4.78 is 0. The van der Waals surface area contributed by atoms with Gasteiger partial charge in [-0.2, -0.15) is 24.0 Å². The Bertz CT molecular complexity index is 1230. The molecule has 1 atom stereocenters. The summed E-state index contributed by atoms with van der Waals surface area (Å²) in [6.45, 7) is 4.02. The number of hydrogen-bond donors (Lipinski definition) is 2. The summed E-state index contributed by atoms with van der Waals surface area (Å²) in [6.07, 6.45) is 3.28. The van der Waals surface area contributed by atoms with Gasteiger partial charge in [0.1, 0.15) is 0 Å². The first-order valence-electron chi connectivity index (χ1n) is 9.77. The van der Waals surface area contributed by atoms with Gasteiger partial charge >= 0.3 is 0 Å². The second-order valence-electron chi connectivity index (χ2n) is 7.91. The van der Waals surface area contributed by atoms with Crippen molar-refractivity contribution in [2.45, 2.75) is 32.1 Å². The molecular formula is C24H23N5OS. The topological polar surface area (TPSA) is 106 Å². The molecule has 1 aromatic heterocycles. The van der Waals surface area contributed by atoms with Crippen LogP contribution in [0, 0.1) is 29.6 Å². The number of fused-ring (bicyclic) bond motifs is 1. The predicted molar refractivity (Wildman–Crippen MR) is 124 cm³/mol. The van der Waals surface area contributed by atoms with E-state index in [2.05, 4.69) is 27.4 Å². The molecule has 31 heavy (non-hydrogen) atoms. The van der Waals surface area contributed by atoms with E-state index in [9.17, 15) is 10.4 Å². The number of benzene rings is 2. The molecule has 1 aliphatic carbocycles. The number of aryl methyl sites for hydroxylation is 1. The fourth-order valence-corrected chi connectivity index (χ4v) is 3.95. The monoisotopic (exact) mass is 429 g/mol. The van der Waals surface area contributed by atoms with Crippen LogP contribution in [0.3, 0.4) is 0 Å². The molecule has 0 saturated carbocycles. The zero-order valence-electron chi connectivity index (χ0n) is 17.4. The van der Waals surface area contributed by atoms with Crippen molar-refractivity contribution < 1.29 is 5.11 Å². The van der Waals surface area contributed by atoms with E-state index in [0.29, 0.717) is 22.8 Å². The summed E-state index contributed by atoms with van der Waals surface area (Å²) in [4.78, 5) is 8.94. The van der Waals surface area contributed by atoms with E-state index < -0.39 is 0 Å². The second kappa shape index (κ2) is 8.77. The molecule has 3 aromatic rings. The number of nitrogens with zero attached hydrogens (tertiary/aromatic N) is 4. The highest BCUT2D eigenvalue weighted by Crippen LogP contribution is 2.42. The van der Waals surface area contributed by atoms with Crippen LogP contribution < -0.4 is 5.32 Å². The molecule has 0 fully saturated rings. The maximum Gasteiger partial charge on any atom is 0.227 e. The smallest absolute Gasteiger partial charge is 0.227 e. The lowest BCUT2D eigenvalue weighted by Gasteiger charge is -2.23. The molecule has 6 nitrogen and oxygen atoms in total. The molecule has 0 spiro atoms. The summed E-state index contributed by atoms with van der Waals surface area (Å²) in [5, 5.41) is 31.9. The number of aliphatic hydroxyl groups is 1. The van der Waals surface area contributed by atoms with Gasteiger partial charge in [0.25, 0.3) is 0 Å². The molecule has 4 rings (SSSR count). The Kier molecular flexibility index (Phi) is 6.31. The summed E-state index contributed by atoms with van der Waals surface area (Å²) >= 11 is 0. The van der Waals surface area contributed by atoms with Crippen molar-refractivity contribution in [1.29, 1.82) is 10.5 Å². The molecule has 156 valence electrons. The Morgan fingerprint density at radius 2 is 1.97 bits per heavy atom. The van der Waals surface area contributed by atoms with Gasteiger partial charge in [-0.05, 0) is 66.8 Å². The largest absolute Gasteiger partial charge is 0.395 e. The minimum Gasteiger partial charge on any atom is -0.395 e. The van der Waals surface area contributed by atoms with Crippen molar-refractivity contribution in [3.63, 3.8) is 0 Å². The highest BCUT2D eigenvalue weighted by Gasteiger charge is 2.35. The molecule has 0 radical (unpaired) electrons. The van der Waals surface area contributed by atoms with Crippen LogP contribution in [0.4, 0.5) is 11.6 Å². The Balaban J connectivity index is 0.00000272. The maximum atomic E-state index is 9.93. The first-order valence-corrected chi connectivity index (χ1v) is 9.77. The summed E-state index contributed by atoms with van der Waals surface area (Å²) in [6, 6.07) is 15.5. The van der Waals surface area contributed by atoms with E-state index in [1.54, 1.807) is 24.4 Å². The number of rotatable bonds is 4. The second-order valence-corrected chi connectivity index (χ2v) is 7.91. The van der Waals surface area contributed by atoms with Crippen LogP contribution in [0.1, 0.15) is 41.2 Å². The van der Waals surface area contributed by atoms with E-state index in [0.717, 1.165) is 40.8 Å². The van der Waals surface area contributed by atoms with E-state index in [1.165, 1.54) is 0 Å². The van der Waals surface area contributed by atoms with Crippen molar-refractivity contribution in [1.82, 2.24) is 9.97 Å². The molecule has 2 aromatic carbocycles. The van der Waals surface area contributed by atoms with Crippen LogP contribution in [0.25, 0.3) is 11.3 Å². The minimum absolute atomic E-state index is 0. The van der Waals surface area contributed by atoms with Gasteiger partial charge in [-0.15, -0.1) is 0 Å². The highest BCUT2D eigenvalue weighted by molar-refractivity contribution is 7.59. The zero-order chi connectivity index (χ0) is 21.3. The number of aromatic nitrogens is 2. The molecule has 0 unspecified atom stereocenters. The SMILES string of the molecule is Cc1ccc(C#N)cc1Nc1nccc(-c2cc(C#N)c3c(c2)[C@](C)(CO)CC3)n1.S. The number of hydrogen-bond acceptors (Lipinski definition) is 6. The highest BCUT2D eigenvalue weighted by atomic mass is 32.1. The van der Waals surface area contributed by atoms with E-state index in [-0.39, 0.29) is 25.5 Å². The third-order valence-electron chi connectivity index (χ3n) is 5.86. The Labute approximate surface area is 188 Å². The van der Waals surface area contributed by atoms with Crippen molar-refractivity contribution in [2.75, 3.05) is 11.9 Å². The first kappa shape index (κ1) is 22.3. The van der Waals surface area contributed by atoms with E-state index in [4.69, 9.17) is 5.26 Å². The van der Waals surface area contributed by atoms with Gasteiger partial charge < -0.3 is 10.4 Å². The summed E-state index contributed by atoms with van der Waals surface area (Å²) in [5.74, 6) is 0.412. The lowest BCUT2D eigenvalue weighted by atomic mass is 9.83. The van der Waals surface area contributed by atoms with Gasteiger partial charge in [-0.3, -0.25) is 0 Å². The van der Waals surface area contributed by atoms with Gasteiger partial charge in [0, 0.05) is 22.9 Å². The third kappa shape index (κ3) is 4.11. The molecule has 0 aliphatic heterocycles. The standard InChI is InChI=1S/C24H21N5O.H2S/c1-15-3-4-16(12-25)9-22(15)29-23-27-8-6-21(28-23)17-10-18(13-26)19-5-7-24(2,14-30)20(19)11-17;/h3-4,6,8-11,30H,5,7,14H2,1-2H3,(H,27,28,29);1H2/t24-;/m0./s1. The van der Waals surface area contributed by atoms with Gasteiger partial charge in [0.2, 0.25) is 5.95 Å². The van der Waals surface area contributed by atoms with Gasteiger partial charge in [0.05, 0.1) is 35.6 Å². The average Bonchev–Trinajstić information content (AvgIpc) is 3.12. The van der Waals surface area contributed by atoms with Crippen molar-refractivity contribution in [3.8, 4) is 23.4 Å². The lowest BCUT2D eigenvalue weighted by Crippen LogP contribution is -2.23. The van der Waals surface area contributed by atoms with Crippen molar-refractivity contribution in [2.24, 2.45) is 0 Å². The van der Waals surface area contributed by atoms with Gasteiger partial charge in [-0.25, -0.2) is 9.97 Å².